The number of methoxy groups -OCH3 is 1. The largest absolute Gasteiger partial charge is 0.497 e. The molecule has 7 nitrogen and oxygen atoms in total. The number of rotatable bonds is 7. The Balaban J connectivity index is 1.44. The third-order valence-corrected chi connectivity index (χ3v) is 7.54. The highest BCUT2D eigenvalue weighted by Crippen LogP contribution is 2.29. The van der Waals surface area contributed by atoms with Crippen molar-refractivity contribution in [3.05, 3.63) is 123 Å². The predicted molar refractivity (Wildman–Crippen MR) is 154 cm³/mol. The topological polar surface area (TPSA) is 88.6 Å². The van der Waals surface area contributed by atoms with Gasteiger partial charge in [0.25, 0.3) is 11.8 Å². The van der Waals surface area contributed by atoms with Crippen molar-refractivity contribution in [2.24, 2.45) is 0 Å². The number of carbonyl (C=O) groups excluding carboxylic acids is 3. The van der Waals surface area contributed by atoms with Crippen LogP contribution in [-0.2, 0) is 24.2 Å². The van der Waals surface area contributed by atoms with E-state index in [0.29, 0.717) is 38.3 Å². The Morgan fingerprint density at radius 1 is 0.975 bits per heavy atom. The highest BCUT2D eigenvalue weighted by Gasteiger charge is 2.35. The molecule has 5 rings (SSSR count). The Hall–Kier alpha value is -4.20. The normalized spacial score (nSPS) is 14.9. The van der Waals surface area contributed by atoms with Crippen molar-refractivity contribution in [1.29, 1.82) is 0 Å². The maximum absolute atomic E-state index is 13.9. The molecule has 2 heterocycles. The molecule has 2 amide bonds. The first-order valence-electron chi connectivity index (χ1n) is 12.6. The van der Waals surface area contributed by atoms with Gasteiger partial charge in [0.15, 0.2) is 5.78 Å². The summed E-state index contributed by atoms with van der Waals surface area (Å²) in [6.45, 7) is 0.171. The van der Waals surface area contributed by atoms with Gasteiger partial charge in [-0.25, -0.2) is 4.98 Å². The average Bonchev–Trinajstić information content (AvgIpc) is 3.05. The van der Waals surface area contributed by atoms with Crippen molar-refractivity contribution in [1.82, 2.24) is 9.88 Å². The number of fused-ring (bicyclic) bond motifs is 1. The molecule has 202 valence electrons. The highest BCUT2D eigenvalue weighted by molar-refractivity contribution is 6.42. The molecule has 40 heavy (non-hydrogen) atoms. The molecular weight excluding hydrogens is 549 g/mol. The lowest BCUT2D eigenvalue weighted by molar-refractivity contribution is -0.122. The number of ketones is 1. The summed E-state index contributed by atoms with van der Waals surface area (Å²) in [6.07, 6.45) is 1.96. The van der Waals surface area contributed by atoms with Crippen LogP contribution in [0.4, 0.5) is 5.82 Å². The molecule has 1 aromatic heterocycles. The van der Waals surface area contributed by atoms with Gasteiger partial charge in [0.2, 0.25) is 0 Å². The molecule has 9 heteroatoms. The van der Waals surface area contributed by atoms with E-state index in [0.717, 1.165) is 11.1 Å². The maximum Gasteiger partial charge on any atom is 0.256 e. The summed E-state index contributed by atoms with van der Waals surface area (Å²) in [5.74, 6) is 0.369. The molecule has 0 bridgehead atoms. The van der Waals surface area contributed by atoms with Crippen LogP contribution >= 0.6 is 23.2 Å². The van der Waals surface area contributed by atoms with Crippen LogP contribution in [0.5, 0.6) is 5.75 Å². The predicted octanol–water partition coefficient (Wildman–Crippen LogP) is 6.03. The summed E-state index contributed by atoms with van der Waals surface area (Å²) in [6, 6.07) is 21.8. The number of anilines is 1. The van der Waals surface area contributed by atoms with Crippen LogP contribution in [0.2, 0.25) is 10.0 Å². The number of hydrogen-bond donors (Lipinski definition) is 1. The van der Waals surface area contributed by atoms with Gasteiger partial charge in [-0.2, -0.15) is 0 Å². The quantitative estimate of drug-likeness (QED) is 0.291. The monoisotopic (exact) mass is 573 g/mol. The number of carbonyl (C=O) groups is 3. The smallest absolute Gasteiger partial charge is 0.256 e. The van der Waals surface area contributed by atoms with E-state index in [1.165, 1.54) is 0 Å². The number of nitrogens with one attached hydrogen (secondary N) is 1. The number of halogens is 2. The van der Waals surface area contributed by atoms with Crippen molar-refractivity contribution in [2.45, 2.75) is 25.4 Å². The van der Waals surface area contributed by atoms with E-state index in [-0.39, 0.29) is 37.0 Å². The van der Waals surface area contributed by atoms with Crippen LogP contribution in [0.3, 0.4) is 0 Å². The molecule has 1 aliphatic rings. The van der Waals surface area contributed by atoms with E-state index in [9.17, 15) is 14.4 Å². The molecule has 0 unspecified atom stereocenters. The standard InChI is InChI=1S/C31H25Cl2N3O4/c1-40-23-10-11-24-22(16-23)17-28(37)27(15-20-7-12-25(32)26(33)14-20)36(31(24)39)18-19-5-8-21(9-6-19)30(38)35-29-4-2-3-13-34-29/h2-14,16,27H,15,17-18H2,1H3,(H,34,35,38)/t27-/m1/s1. The number of pyridine rings is 1. The number of hydrogen-bond acceptors (Lipinski definition) is 5. The lowest BCUT2D eigenvalue weighted by atomic mass is 9.97. The zero-order valence-corrected chi connectivity index (χ0v) is 23.1. The molecule has 3 aromatic carbocycles. The maximum atomic E-state index is 13.9. The molecule has 0 saturated carbocycles. The number of amides is 2. The van der Waals surface area contributed by atoms with E-state index in [1.807, 2.05) is 0 Å². The van der Waals surface area contributed by atoms with Gasteiger partial charge in [-0.1, -0.05) is 47.5 Å². The van der Waals surface area contributed by atoms with E-state index in [1.54, 1.807) is 97.1 Å². The average molecular weight is 574 g/mol. The third kappa shape index (κ3) is 6.01. The fourth-order valence-electron chi connectivity index (χ4n) is 4.71. The van der Waals surface area contributed by atoms with Crippen LogP contribution < -0.4 is 10.1 Å². The molecular formula is C31H25Cl2N3O4. The van der Waals surface area contributed by atoms with Crippen molar-refractivity contribution in [3.8, 4) is 5.75 Å². The van der Waals surface area contributed by atoms with Crippen molar-refractivity contribution < 1.29 is 19.1 Å². The summed E-state index contributed by atoms with van der Waals surface area (Å²) in [5.41, 5.74) is 3.08. The Kier molecular flexibility index (Phi) is 8.14. The van der Waals surface area contributed by atoms with E-state index in [2.05, 4.69) is 10.3 Å². The van der Waals surface area contributed by atoms with Gasteiger partial charge in [0.05, 0.1) is 23.2 Å². The minimum absolute atomic E-state index is 0.0907. The second kappa shape index (κ2) is 11.9. The lowest BCUT2D eigenvalue weighted by Gasteiger charge is -2.30. The summed E-state index contributed by atoms with van der Waals surface area (Å²) < 4.78 is 5.33. The first-order chi connectivity index (χ1) is 19.3. The lowest BCUT2D eigenvalue weighted by Crippen LogP contribution is -2.44. The van der Waals surface area contributed by atoms with Crippen LogP contribution in [0.15, 0.2) is 85.1 Å². The SMILES string of the molecule is COc1ccc2c(c1)CC(=O)[C@@H](Cc1ccc(Cl)c(Cl)c1)N(Cc1ccc(C(=O)Nc3ccccn3)cc1)C2=O. The second-order valence-corrected chi connectivity index (χ2v) is 10.2. The Morgan fingerprint density at radius 3 is 2.45 bits per heavy atom. The van der Waals surface area contributed by atoms with Gasteiger partial charge in [-0.3, -0.25) is 14.4 Å². The second-order valence-electron chi connectivity index (χ2n) is 9.43. The molecule has 4 aromatic rings. The fourth-order valence-corrected chi connectivity index (χ4v) is 5.03. The number of aromatic nitrogens is 1. The third-order valence-electron chi connectivity index (χ3n) is 6.80. The molecule has 0 aliphatic carbocycles. The van der Waals surface area contributed by atoms with E-state index < -0.39 is 6.04 Å². The van der Waals surface area contributed by atoms with Gasteiger partial charge in [-0.15, -0.1) is 0 Å². The Bertz CT molecular complexity index is 1580. The first-order valence-corrected chi connectivity index (χ1v) is 13.3. The summed E-state index contributed by atoms with van der Waals surface area (Å²) in [4.78, 5) is 45.9. The first kappa shape index (κ1) is 27.4. The molecule has 0 saturated heterocycles. The van der Waals surface area contributed by atoms with Gasteiger partial charge >= 0.3 is 0 Å². The highest BCUT2D eigenvalue weighted by atomic mass is 35.5. The Morgan fingerprint density at radius 2 is 1.75 bits per heavy atom. The van der Waals surface area contributed by atoms with E-state index >= 15 is 0 Å². The summed E-state index contributed by atoms with van der Waals surface area (Å²) in [5, 5.41) is 3.55. The molecule has 1 atom stereocenters. The minimum atomic E-state index is -0.740. The van der Waals surface area contributed by atoms with Gasteiger partial charge in [0.1, 0.15) is 11.6 Å². The molecule has 0 fully saturated rings. The number of ether oxygens (including phenoxy) is 1. The van der Waals surface area contributed by atoms with Crippen molar-refractivity contribution >= 4 is 46.6 Å². The van der Waals surface area contributed by atoms with Crippen LogP contribution in [0.25, 0.3) is 0 Å². The molecule has 0 spiro atoms. The number of benzene rings is 3. The van der Waals surface area contributed by atoms with Crippen LogP contribution in [0, 0.1) is 0 Å². The zero-order valence-electron chi connectivity index (χ0n) is 21.6. The van der Waals surface area contributed by atoms with Crippen LogP contribution in [-0.4, -0.2) is 40.6 Å². The summed E-state index contributed by atoms with van der Waals surface area (Å²) in [7, 11) is 1.54. The van der Waals surface area contributed by atoms with Crippen LogP contribution in [0.1, 0.15) is 37.4 Å². The number of nitrogens with zero attached hydrogens (tertiary/aromatic N) is 2. The fraction of sp³-hybridized carbons (Fsp3) is 0.161. The van der Waals surface area contributed by atoms with E-state index in [4.69, 9.17) is 27.9 Å². The van der Waals surface area contributed by atoms with Gasteiger partial charge in [-0.05, 0) is 71.3 Å². The van der Waals surface area contributed by atoms with Gasteiger partial charge in [0, 0.05) is 36.7 Å². The molecule has 1 aliphatic heterocycles. The minimum Gasteiger partial charge on any atom is -0.497 e. The Labute approximate surface area is 241 Å². The molecule has 1 N–H and O–H groups in total. The zero-order chi connectivity index (χ0) is 28.2. The summed E-state index contributed by atoms with van der Waals surface area (Å²) >= 11 is 12.3. The molecule has 0 radical (unpaired) electrons. The van der Waals surface area contributed by atoms with Crippen molar-refractivity contribution in [3.63, 3.8) is 0 Å². The van der Waals surface area contributed by atoms with Gasteiger partial charge < -0.3 is 15.0 Å². The number of Topliss-reactive ketones (excluding diaryl/α,β-unsaturated/α-hetero) is 1. The van der Waals surface area contributed by atoms with Crippen molar-refractivity contribution in [2.75, 3.05) is 12.4 Å².